The summed E-state index contributed by atoms with van der Waals surface area (Å²) in [5.41, 5.74) is 2.79. The summed E-state index contributed by atoms with van der Waals surface area (Å²) in [6, 6.07) is 27.5. The van der Waals surface area contributed by atoms with E-state index in [0.29, 0.717) is 19.3 Å². The van der Waals surface area contributed by atoms with Crippen LogP contribution in [-0.4, -0.2) is 42.1 Å². The minimum absolute atomic E-state index is 0.0618. The van der Waals surface area contributed by atoms with Gasteiger partial charge in [-0.25, -0.2) is 0 Å². The lowest BCUT2D eigenvalue weighted by molar-refractivity contribution is -0.150. The Morgan fingerprint density at radius 3 is 1.84 bits per heavy atom. The Labute approximate surface area is 254 Å². The highest BCUT2D eigenvalue weighted by Gasteiger charge is 2.27. The molecule has 3 rings (SSSR count). The number of esters is 1. The van der Waals surface area contributed by atoms with Gasteiger partial charge in [0.05, 0.1) is 30.5 Å². The summed E-state index contributed by atoms with van der Waals surface area (Å²) < 4.78 is 5.76. The van der Waals surface area contributed by atoms with Crippen LogP contribution in [0, 0.1) is 11.8 Å². The summed E-state index contributed by atoms with van der Waals surface area (Å²) in [5, 5.41) is 15.7. The normalized spacial score (nSPS) is 13.5. The van der Waals surface area contributed by atoms with Crippen LogP contribution in [0.15, 0.2) is 116 Å². The second kappa shape index (κ2) is 18.1. The Bertz CT molecular complexity index is 1300. The van der Waals surface area contributed by atoms with Crippen molar-refractivity contribution in [3.63, 3.8) is 0 Å². The summed E-state index contributed by atoms with van der Waals surface area (Å²) in [6.07, 6.45) is 4.96. The Morgan fingerprint density at radius 2 is 1.28 bits per heavy atom. The SMILES string of the molecule is C=CC[C@@H](CC(=O)N[C@@H](CO)Cc1ccccc1)C(=O)N[C@H](COC(=O)[C@@H](CC=C)Cc1ccccc1)c1ccccc1. The van der Waals surface area contributed by atoms with Crippen LogP contribution >= 0.6 is 0 Å². The molecule has 7 nitrogen and oxygen atoms in total. The molecule has 7 heteroatoms. The fourth-order valence-corrected chi connectivity index (χ4v) is 4.90. The van der Waals surface area contributed by atoms with Gasteiger partial charge in [0.25, 0.3) is 0 Å². The first kappa shape index (κ1) is 33.0. The van der Waals surface area contributed by atoms with Gasteiger partial charge >= 0.3 is 5.97 Å². The van der Waals surface area contributed by atoms with Gasteiger partial charge in [-0.1, -0.05) is 103 Å². The van der Waals surface area contributed by atoms with E-state index in [4.69, 9.17) is 4.74 Å². The molecule has 3 aromatic carbocycles. The molecule has 0 fully saturated rings. The zero-order chi connectivity index (χ0) is 30.9. The second-order valence-electron chi connectivity index (χ2n) is 10.6. The Hall–Kier alpha value is -4.49. The van der Waals surface area contributed by atoms with Crippen LogP contribution in [0.2, 0.25) is 0 Å². The highest BCUT2D eigenvalue weighted by atomic mass is 16.5. The maximum absolute atomic E-state index is 13.5. The van der Waals surface area contributed by atoms with Crippen LogP contribution in [0.3, 0.4) is 0 Å². The molecular formula is C36H42N2O5. The van der Waals surface area contributed by atoms with Gasteiger partial charge in [-0.3, -0.25) is 14.4 Å². The predicted octanol–water partition coefficient (Wildman–Crippen LogP) is 5.12. The lowest BCUT2D eigenvalue weighted by Gasteiger charge is -2.24. The first-order valence-electron chi connectivity index (χ1n) is 14.6. The highest BCUT2D eigenvalue weighted by Crippen LogP contribution is 2.20. The van der Waals surface area contributed by atoms with Gasteiger partial charge in [0.1, 0.15) is 6.61 Å². The number of amides is 2. The maximum Gasteiger partial charge on any atom is 0.309 e. The molecule has 0 aliphatic heterocycles. The number of allylic oxidation sites excluding steroid dienone is 2. The molecule has 4 atom stereocenters. The zero-order valence-corrected chi connectivity index (χ0v) is 24.6. The van der Waals surface area contributed by atoms with Gasteiger partial charge in [0, 0.05) is 6.42 Å². The molecule has 0 heterocycles. The van der Waals surface area contributed by atoms with E-state index in [2.05, 4.69) is 23.8 Å². The van der Waals surface area contributed by atoms with Crippen molar-refractivity contribution in [1.29, 1.82) is 0 Å². The van der Waals surface area contributed by atoms with E-state index in [1.165, 1.54) is 0 Å². The molecule has 226 valence electrons. The summed E-state index contributed by atoms with van der Waals surface area (Å²) in [4.78, 5) is 39.5. The predicted molar refractivity (Wildman–Crippen MR) is 169 cm³/mol. The number of carbonyl (C=O) groups excluding carboxylic acids is 3. The Morgan fingerprint density at radius 1 is 0.744 bits per heavy atom. The number of carbonyl (C=O) groups is 3. The fourth-order valence-electron chi connectivity index (χ4n) is 4.90. The third kappa shape index (κ3) is 11.4. The smallest absolute Gasteiger partial charge is 0.309 e. The van der Waals surface area contributed by atoms with Crippen LogP contribution < -0.4 is 10.6 Å². The van der Waals surface area contributed by atoms with Crippen LogP contribution in [0.1, 0.15) is 42.0 Å². The molecule has 2 amide bonds. The third-order valence-corrected chi connectivity index (χ3v) is 7.18. The molecule has 3 aromatic rings. The first-order valence-corrected chi connectivity index (χ1v) is 14.6. The van der Waals surface area contributed by atoms with E-state index in [9.17, 15) is 19.5 Å². The Kier molecular flexibility index (Phi) is 13.9. The van der Waals surface area contributed by atoms with Gasteiger partial charge in [0.2, 0.25) is 11.8 Å². The van der Waals surface area contributed by atoms with Crippen molar-refractivity contribution in [1.82, 2.24) is 10.6 Å². The van der Waals surface area contributed by atoms with Crippen molar-refractivity contribution in [3.05, 3.63) is 133 Å². The van der Waals surface area contributed by atoms with E-state index in [-0.39, 0.29) is 43.8 Å². The summed E-state index contributed by atoms with van der Waals surface area (Å²) in [5.74, 6) is -2.15. The second-order valence-corrected chi connectivity index (χ2v) is 10.6. The summed E-state index contributed by atoms with van der Waals surface area (Å²) in [6.45, 7) is 7.27. The van der Waals surface area contributed by atoms with Gasteiger partial charge in [-0.05, 0) is 42.4 Å². The molecule has 0 saturated carbocycles. The van der Waals surface area contributed by atoms with Crippen molar-refractivity contribution in [2.24, 2.45) is 11.8 Å². The molecule has 0 radical (unpaired) electrons. The van der Waals surface area contributed by atoms with E-state index in [1.54, 1.807) is 12.2 Å². The number of hydrogen-bond donors (Lipinski definition) is 3. The van der Waals surface area contributed by atoms with Crippen molar-refractivity contribution < 1.29 is 24.2 Å². The summed E-state index contributed by atoms with van der Waals surface area (Å²) in [7, 11) is 0. The zero-order valence-electron chi connectivity index (χ0n) is 24.6. The topological polar surface area (TPSA) is 105 Å². The van der Waals surface area contributed by atoms with Crippen LogP contribution in [0.5, 0.6) is 0 Å². The van der Waals surface area contributed by atoms with Crippen molar-refractivity contribution >= 4 is 17.8 Å². The molecule has 0 spiro atoms. The number of ether oxygens (including phenoxy) is 1. The number of aliphatic hydroxyl groups is 1. The number of hydrogen-bond acceptors (Lipinski definition) is 5. The number of rotatable bonds is 18. The number of benzene rings is 3. The molecule has 43 heavy (non-hydrogen) atoms. The Balaban J connectivity index is 1.65. The largest absolute Gasteiger partial charge is 0.463 e. The minimum Gasteiger partial charge on any atom is -0.463 e. The molecule has 0 unspecified atom stereocenters. The number of aliphatic hydroxyl groups excluding tert-OH is 1. The van der Waals surface area contributed by atoms with E-state index < -0.39 is 23.9 Å². The van der Waals surface area contributed by atoms with Crippen LogP contribution in [-0.2, 0) is 32.0 Å². The molecule has 0 aliphatic carbocycles. The maximum atomic E-state index is 13.5. The lowest BCUT2D eigenvalue weighted by Crippen LogP contribution is -2.42. The molecule has 3 N–H and O–H groups in total. The van der Waals surface area contributed by atoms with Crippen LogP contribution in [0.25, 0.3) is 0 Å². The molecule has 0 bridgehead atoms. The van der Waals surface area contributed by atoms with Gasteiger partial charge in [0.15, 0.2) is 0 Å². The summed E-state index contributed by atoms with van der Waals surface area (Å²) >= 11 is 0. The average Bonchev–Trinajstić information content (AvgIpc) is 3.03. The van der Waals surface area contributed by atoms with E-state index in [1.807, 2.05) is 91.0 Å². The number of nitrogens with one attached hydrogen (secondary N) is 2. The standard InChI is InChI=1S/C36H42N2O5/c1-3-14-30(24-34(40)37-32(25-39)23-28-18-10-6-11-19-28)35(41)38-33(29-20-12-7-13-21-29)26-43-36(42)31(15-4-2)22-27-16-8-5-9-17-27/h3-13,16-21,30-33,39H,1-2,14-15,22-26H2,(H,37,40)(H,38,41)/t30-,31-,32+,33+/m0/s1. The highest BCUT2D eigenvalue weighted by molar-refractivity contribution is 5.86. The van der Waals surface area contributed by atoms with Crippen LogP contribution in [0.4, 0.5) is 0 Å². The van der Waals surface area contributed by atoms with Gasteiger partial charge in [-0.15, -0.1) is 13.2 Å². The molecule has 0 aromatic heterocycles. The third-order valence-electron chi connectivity index (χ3n) is 7.18. The monoisotopic (exact) mass is 582 g/mol. The van der Waals surface area contributed by atoms with Crippen molar-refractivity contribution in [2.75, 3.05) is 13.2 Å². The van der Waals surface area contributed by atoms with E-state index >= 15 is 0 Å². The fraction of sp³-hybridized carbons (Fsp3) is 0.306. The minimum atomic E-state index is -0.693. The average molecular weight is 583 g/mol. The van der Waals surface area contributed by atoms with Crippen molar-refractivity contribution in [3.8, 4) is 0 Å². The molecule has 0 saturated heterocycles. The molecule has 0 aliphatic rings. The van der Waals surface area contributed by atoms with E-state index in [0.717, 1.165) is 16.7 Å². The van der Waals surface area contributed by atoms with Gasteiger partial charge in [-0.2, -0.15) is 0 Å². The molecular weight excluding hydrogens is 540 g/mol. The van der Waals surface area contributed by atoms with Gasteiger partial charge < -0.3 is 20.5 Å². The van der Waals surface area contributed by atoms with Crippen molar-refractivity contribution in [2.45, 2.75) is 44.2 Å². The lowest BCUT2D eigenvalue weighted by atomic mass is 9.96. The quantitative estimate of drug-likeness (QED) is 0.143. The first-order chi connectivity index (χ1) is 20.9.